The van der Waals surface area contributed by atoms with Crippen LogP contribution in [0.2, 0.25) is 13.3 Å². The molecule has 108 valence electrons. The third kappa shape index (κ3) is 33.1. The van der Waals surface area contributed by atoms with E-state index in [1.54, 1.807) is 27.2 Å². The summed E-state index contributed by atoms with van der Waals surface area (Å²) in [6, 6.07) is 0. The van der Waals surface area contributed by atoms with Crippen LogP contribution in [0.1, 0.15) is 73.1 Å². The van der Waals surface area contributed by atoms with E-state index in [0.29, 0.717) is 0 Å². The van der Waals surface area contributed by atoms with Crippen LogP contribution in [0.25, 0.3) is 0 Å². The van der Waals surface area contributed by atoms with E-state index in [1.807, 2.05) is 0 Å². The van der Waals surface area contributed by atoms with Crippen LogP contribution in [0.5, 0.6) is 0 Å². The van der Waals surface area contributed by atoms with Crippen LogP contribution in [0.3, 0.4) is 0 Å². The van der Waals surface area contributed by atoms with Crippen molar-refractivity contribution in [2.75, 3.05) is 0 Å². The normalized spacial score (nSPS) is 8.21. The van der Waals surface area contributed by atoms with Gasteiger partial charge in [-0.15, -0.1) is 0 Å². The molecule has 0 aliphatic carbocycles. The summed E-state index contributed by atoms with van der Waals surface area (Å²) in [4.78, 5) is 0. The van der Waals surface area contributed by atoms with E-state index < -0.39 is 19.8 Å². The maximum atomic E-state index is 3.25. The second kappa shape index (κ2) is 36.8. The average molecular weight is 421 g/mol. The molecule has 2 radical (unpaired) electrons. The molecule has 0 aliphatic rings. The van der Waals surface area contributed by atoms with E-state index >= 15 is 0 Å². The van der Waals surface area contributed by atoms with E-state index in [-0.39, 0.29) is 38.3 Å². The summed E-state index contributed by atoms with van der Waals surface area (Å²) in [7, 11) is 0. The van der Waals surface area contributed by atoms with Gasteiger partial charge in [0.05, 0.1) is 0 Å². The Kier molecular flexibility index (Phi) is 63.7. The van der Waals surface area contributed by atoms with Gasteiger partial charge >= 0.3 is 112 Å². The van der Waals surface area contributed by atoms with Crippen molar-refractivity contribution in [3.05, 3.63) is 13.8 Å². The Labute approximate surface area is 157 Å². The van der Waals surface area contributed by atoms with Gasteiger partial charge in [-0.25, -0.2) is 0 Å². The number of hydrogen-bond donors (Lipinski definition) is 0. The molecule has 0 heterocycles. The predicted octanol–water partition coefficient (Wildman–Crippen LogP) is 6.18. The van der Waals surface area contributed by atoms with Gasteiger partial charge in [0.25, 0.3) is 0 Å². The summed E-state index contributed by atoms with van der Waals surface area (Å²) < 4.78 is 5.04. The van der Waals surface area contributed by atoms with Gasteiger partial charge in [-0.3, -0.25) is 0 Å². The van der Waals surface area contributed by atoms with Gasteiger partial charge in [-0.05, 0) is 0 Å². The third-order valence-corrected chi connectivity index (χ3v) is 11.7. The molecule has 0 bridgehead atoms. The quantitative estimate of drug-likeness (QED) is 0.309. The molecule has 0 saturated heterocycles. The molecule has 0 aromatic carbocycles. The van der Waals surface area contributed by atoms with Crippen molar-refractivity contribution in [1.82, 2.24) is 0 Å². The molecule has 0 nitrogen and oxygen atoms in total. The standard InChI is InChI=1S/3C4H9.2C2H5.Li.Sn.Zn/c3*1-3-4-2;2*1-2;;;/h3*1,3-4H2,2H3;2*1H2,2H3;;;/q;;;2*-1;;;+2. The SMILES string of the molecule is CCC[CH2][Sn]([CH2]CCC)[CH2]CCC.[CH2-]C.[CH2-]C.[Li].[Zn+2]. The van der Waals surface area contributed by atoms with E-state index in [4.69, 9.17) is 0 Å². The molecule has 0 rings (SSSR count). The van der Waals surface area contributed by atoms with Crippen molar-refractivity contribution in [2.24, 2.45) is 0 Å². The van der Waals surface area contributed by atoms with Crippen LogP contribution >= 0.6 is 0 Å². The summed E-state index contributed by atoms with van der Waals surface area (Å²) in [6.45, 7) is 17.0. The van der Waals surface area contributed by atoms with Crippen molar-refractivity contribution in [1.29, 1.82) is 0 Å². The van der Waals surface area contributed by atoms with Gasteiger partial charge in [0.2, 0.25) is 0 Å². The fourth-order valence-electron chi connectivity index (χ4n) is 1.66. The molecule has 3 heteroatoms. The van der Waals surface area contributed by atoms with E-state index in [0.717, 1.165) is 0 Å². The molecule has 0 saturated carbocycles. The number of rotatable bonds is 9. The Balaban J connectivity index is -0.0000000988. The Hall–Kier alpha value is 2.02. The zero-order chi connectivity index (χ0) is 13.9. The van der Waals surface area contributed by atoms with Gasteiger partial charge in [0, 0.05) is 18.9 Å². The Morgan fingerprint density at radius 1 is 0.632 bits per heavy atom. The summed E-state index contributed by atoms with van der Waals surface area (Å²) in [5, 5.41) is 0. The first kappa shape index (κ1) is 32.8. The Morgan fingerprint density at radius 3 is 1.00 bits per heavy atom. The minimum Gasteiger partial charge on any atom is -0.346 e. The first-order valence-electron chi connectivity index (χ1n) is 7.60. The minimum absolute atomic E-state index is 0. The van der Waals surface area contributed by atoms with Gasteiger partial charge in [0.1, 0.15) is 0 Å². The molecule has 0 N–H and O–H groups in total. The summed E-state index contributed by atoms with van der Waals surface area (Å²) in [5.41, 5.74) is 0. The van der Waals surface area contributed by atoms with E-state index in [1.165, 1.54) is 38.5 Å². The van der Waals surface area contributed by atoms with Crippen molar-refractivity contribution in [3.8, 4) is 0 Å². The van der Waals surface area contributed by atoms with Crippen molar-refractivity contribution >= 4 is 38.6 Å². The molecule has 0 unspecified atom stereocenters. The molecule has 0 aromatic heterocycles. The monoisotopic (exact) mass is 420 g/mol. The van der Waals surface area contributed by atoms with E-state index in [9.17, 15) is 0 Å². The second-order valence-corrected chi connectivity index (χ2v) is 12.6. The van der Waals surface area contributed by atoms with E-state index in [2.05, 4.69) is 34.6 Å². The van der Waals surface area contributed by atoms with Gasteiger partial charge in [-0.1, -0.05) is 0 Å². The molecule has 0 atom stereocenters. The van der Waals surface area contributed by atoms with Gasteiger partial charge < -0.3 is 13.8 Å². The van der Waals surface area contributed by atoms with Gasteiger partial charge in [0.15, 0.2) is 0 Å². The topological polar surface area (TPSA) is 0 Å². The molecule has 19 heavy (non-hydrogen) atoms. The first-order valence-corrected chi connectivity index (χ1v) is 13.7. The average Bonchev–Trinajstić information content (AvgIpc) is 2.42. The van der Waals surface area contributed by atoms with Crippen molar-refractivity contribution < 1.29 is 19.5 Å². The summed E-state index contributed by atoms with van der Waals surface area (Å²) >= 11 is -0.839. The van der Waals surface area contributed by atoms with Crippen LogP contribution in [-0.2, 0) is 19.5 Å². The van der Waals surface area contributed by atoms with Crippen molar-refractivity contribution in [3.63, 3.8) is 0 Å². The van der Waals surface area contributed by atoms with Crippen LogP contribution in [-0.4, -0.2) is 38.6 Å². The maximum absolute atomic E-state index is 3.25. The van der Waals surface area contributed by atoms with Crippen LogP contribution < -0.4 is 0 Å². The zero-order valence-corrected chi connectivity index (χ0v) is 20.8. The Bertz CT molecular complexity index is 83.7. The fourth-order valence-corrected chi connectivity index (χ4v) is 11.1. The molecule has 0 fully saturated rings. The maximum Gasteiger partial charge on any atom is 2.00 e. The van der Waals surface area contributed by atoms with Crippen molar-refractivity contribution in [2.45, 2.75) is 86.5 Å². The minimum atomic E-state index is -0.839. The number of hydrogen-bond acceptors (Lipinski definition) is 0. The smallest absolute Gasteiger partial charge is 0.346 e. The molecule has 0 aliphatic heterocycles. The largest absolute Gasteiger partial charge is 2.00 e. The zero-order valence-electron chi connectivity index (χ0n) is 15.0. The van der Waals surface area contributed by atoms with Crippen LogP contribution in [0.15, 0.2) is 0 Å². The molecular formula is C16H37LiSnZn. The van der Waals surface area contributed by atoms with Gasteiger partial charge in [-0.2, -0.15) is 13.8 Å². The Morgan fingerprint density at radius 2 is 0.842 bits per heavy atom. The molecule has 0 amide bonds. The third-order valence-electron chi connectivity index (χ3n) is 2.65. The molecular weight excluding hydrogens is 383 g/mol. The summed E-state index contributed by atoms with van der Waals surface area (Å²) in [5.74, 6) is 0. The molecule has 0 spiro atoms. The first-order chi connectivity index (χ1) is 8.35. The van der Waals surface area contributed by atoms with Crippen LogP contribution in [0, 0.1) is 13.8 Å². The predicted molar refractivity (Wildman–Crippen MR) is 92.7 cm³/mol. The van der Waals surface area contributed by atoms with Crippen LogP contribution in [0.4, 0.5) is 0 Å². The second-order valence-electron chi connectivity index (χ2n) is 4.06. The molecule has 0 aromatic rings. The fraction of sp³-hybridized carbons (Fsp3) is 0.875. The number of unbranched alkanes of at least 4 members (excludes halogenated alkanes) is 3. The summed E-state index contributed by atoms with van der Waals surface area (Å²) in [6.07, 6.45) is 8.85.